The second kappa shape index (κ2) is 9.75. The minimum absolute atomic E-state index is 0.000856. The lowest BCUT2D eigenvalue weighted by atomic mass is 10.1. The SMILES string of the molecule is CCN(C)c1ccc(C(=O)Nc2ccc(NC(=O)CCN3C(=O)CNC3=O)cc2)cc1. The van der Waals surface area contributed by atoms with Gasteiger partial charge in [0.2, 0.25) is 11.8 Å². The number of imide groups is 1. The van der Waals surface area contributed by atoms with E-state index in [0.29, 0.717) is 16.9 Å². The zero-order valence-corrected chi connectivity index (χ0v) is 17.5. The van der Waals surface area contributed by atoms with Gasteiger partial charge in [-0.05, 0) is 55.5 Å². The molecule has 1 fully saturated rings. The summed E-state index contributed by atoms with van der Waals surface area (Å²) in [6.07, 6.45) is 0.000856. The number of nitrogens with zero attached hydrogens (tertiary/aromatic N) is 2. The van der Waals surface area contributed by atoms with Gasteiger partial charge in [0.1, 0.15) is 0 Å². The van der Waals surface area contributed by atoms with Gasteiger partial charge in [0.25, 0.3) is 5.91 Å². The van der Waals surface area contributed by atoms with Crippen LogP contribution in [0.4, 0.5) is 21.9 Å². The van der Waals surface area contributed by atoms with Gasteiger partial charge in [0.05, 0.1) is 6.54 Å². The number of hydrogen-bond donors (Lipinski definition) is 3. The Labute approximate surface area is 180 Å². The molecule has 0 saturated carbocycles. The van der Waals surface area contributed by atoms with Crippen molar-refractivity contribution < 1.29 is 19.2 Å². The van der Waals surface area contributed by atoms with E-state index in [0.717, 1.165) is 17.1 Å². The van der Waals surface area contributed by atoms with Crippen LogP contribution >= 0.6 is 0 Å². The number of carbonyl (C=O) groups is 4. The van der Waals surface area contributed by atoms with Crippen molar-refractivity contribution in [2.75, 3.05) is 42.2 Å². The molecular weight excluding hydrogens is 398 g/mol. The van der Waals surface area contributed by atoms with E-state index in [-0.39, 0.29) is 37.2 Å². The molecule has 2 aromatic carbocycles. The second-order valence-electron chi connectivity index (χ2n) is 7.09. The molecule has 3 N–H and O–H groups in total. The average Bonchev–Trinajstić information content (AvgIpc) is 3.10. The van der Waals surface area contributed by atoms with Crippen LogP contribution in [-0.4, -0.2) is 55.3 Å². The van der Waals surface area contributed by atoms with Crippen LogP contribution in [0.5, 0.6) is 0 Å². The summed E-state index contributed by atoms with van der Waals surface area (Å²) in [5.74, 6) is -0.887. The van der Waals surface area contributed by atoms with Gasteiger partial charge in [0, 0.05) is 49.2 Å². The highest BCUT2D eigenvalue weighted by Gasteiger charge is 2.28. The number of hydrogen-bond acceptors (Lipinski definition) is 5. The van der Waals surface area contributed by atoms with Crippen LogP contribution in [0.3, 0.4) is 0 Å². The van der Waals surface area contributed by atoms with Crippen molar-refractivity contribution in [2.24, 2.45) is 0 Å². The van der Waals surface area contributed by atoms with Crippen LogP contribution in [0.15, 0.2) is 48.5 Å². The van der Waals surface area contributed by atoms with Crippen LogP contribution < -0.4 is 20.9 Å². The number of anilines is 3. The van der Waals surface area contributed by atoms with Gasteiger partial charge in [0.15, 0.2) is 0 Å². The fourth-order valence-corrected chi connectivity index (χ4v) is 3.01. The number of rotatable bonds is 8. The maximum Gasteiger partial charge on any atom is 0.324 e. The zero-order chi connectivity index (χ0) is 22.4. The molecule has 0 atom stereocenters. The first kappa shape index (κ1) is 21.8. The molecule has 31 heavy (non-hydrogen) atoms. The highest BCUT2D eigenvalue weighted by Crippen LogP contribution is 2.17. The Balaban J connectivity index is 1.50. The van der Waals surface area contributed by atoms with E-state index in [1.807, 2.05) is 19.2 Å². The van der Waals surface area contributed by atoms with Crippen molar-refractivity contribution in [3.63, 3.8) is 0 Å². The van der Waals surface area contributed by atoms with Gasteiger partial charge in [-0.3, -0.25) is 19.3 Å². The Morgan fingerprint density at radius 2 is 1.61 bits per heavy atom. The Bertz CT molecular complexity index is 956. The minimum Gasteiger partial charge on any atom is -0.375 e. The van der Waals surface area contributed by atoms with E-state index >= 15 is 0 Å². The van der Waals surface area contributed by atoms with Crippen molar-refractivity contribution >= 4 is 40.8 Å². The fraction of sp³-hybridized carbons (Fsp3) is 0.273. The first-order valence-electron chi connectivity index (χ1n) is 9.98. The monoisotopic (exact) mass is 423 g/mol. The van der Waals surface area contributed by atoms with E-state index in [1.54, 1.807) is 36.4 Å². The summed E-state index contributed by atoms with van der Waals surface area (Å²) in [7, 11) is 1.98. The number of carbonyl (C=O) groups excluding carboxylic acids is 4. The summed E-state index contributed by atoms with van der Waals surface area (Å²) in [6, 6.07) is 13.6. The molecule has 162 valence electrons. The third-order valence-electron chi connectivity index (χ3n) is 4.97. The first-order valence-corrected chi connectivity index (χ1v) is 9.98. The molecule has 1 aliphatic rings. The molecule has 1 aliphatic heterocycles. The van der Waals surface area contributed by atoms with E-state index in [4.69, 9.17) is 0 Å². The molecule has 0 unspecified atom stereocenters. The van der Waals surface area contributed by atoms with Crippen LogP contribution in [0.1, 0.15) is 23.7 Å². The summed E-state index contributed by atoms with van der Waals surface area (Å²) in [5.41, 5.74) is 2.73. The molecule has 0 spiro atoms. The molecule has 9 nitrogen and oxygen atoms in total. The van der Waals surface area contributed by atoms with Crippen molar-refractivity contribution in [1.82, 2.24) is 10.2 Å². The van der Waals surface area contributed by atoms with E-state index in [9.17, 15) is 19.2 Å². The van der Waals surface area contributed by atoms with Crippen molar-refractivity contribution in [3.8, 4) is 0 Å². The first-order chi connectivity index (χ1) is 14.9. The van der Waals surface area contributed by atoms with Crippen LogP contribution in [0.2, 0.25) is 0 Å². The van der Waals surface area contributed by atoms with E-state index in [2.05, 4.69) is 27.8 Å². The van der Waals surface area contributed by atoms with Gasteiger partial charge >= 0.3 is 6.03 Å². The molecule has 0 radical (unpaired) electrons. The molecule has 0 bridgehead atoms. The standard InChI is InChI=1S/C22H25N5O4/c1-3-26(2)18-10-4-15(5-11-18)21(30)25-17-8-6-16(7-9-17)24-19(28)12-13-27-20(29)14-23-22(27)31/h4-11H,3,12-14H2,1-2H3,(H,23,31)(H,24,28)(H,25,30). The normalized spacial score (nSPS) is 13.0. The third kappa shape index (κ3) is 5.59. The van der Waals surface area contributed by atoms with Gasteiger partial charge in [-0.15, -0.1) is 0 Å². The summed E-state index contributed by atoms with van der Waals surface area (Å²) in [4.78, 5) is 50.6. The molecule has 5 amide bonds. The summed E-state index contributed by atoms with van der Waals surface area (Å²) >= 11 is 0. The van der Waals surface area contributed by atoms with Crippen molar-refractivity contribution in [3.05, 3.63) is 54.1 Å². The lowest BCUT2D eigenvalue weighted by molar-refractivity contribution is -0.125. The lowest BCUT2D eigenvalue weighted by Gasteiger charge is -2.16. The Morgan fingerprint density at radius 1 is 1.00 bits per heavy atom. The topological polar surface area (TPSA) is 111 Å². The minimum atomic E-state index is -0.482. The van der Waals surface area contributed by atoms with Crippen LogP contribution in [0.25, 0.3) is 0 Å². The Hall–Kier alpha value is -3.88. The van der Waals surface area contributed by atoms with Gasteiger partial charge < -0.3 is 20.9 Å². The summed E-state index contributed by atoms with van der Waals surface area (Å²) in [6.45, 7) is 2.92. The number of nitrogens with one attached hydrogen (secondary N) is 3. The van der Waals surface area contributed by atoms with Crippen LogP contribution in [-0.2, 0) is 9.59 Å². The summed E-state index contributed by atoms with van der Waals surface area (Å²) < 4.78 is 0. The number of amides is 5. The molecule has 1 heterocycles. The molecule has 9 heteroatoms. The lowest BCUT2D eigenvalue weighted by Crippen LogP contribution is -2.33. The quantitative estimate of drug-likeness (QED) is 0.564. The van der Waals surface area contributed by atoms with Crippen molar-refractivity contribution in [2.45, 2.75) is 13.3 Å². The highest BCUT2D eigenvalue weighted by molar-refractivity contribution is 6.05. The zero-order valence-electron chi connectivity index (χ0n) is 17.5. The van der Waals surface area contributed by atoms with Crippen LogP contribution in [0, 0.1) is 0 Å². The fourth-order valence-electron chi connectivity index (χ4n) is 3.01. The molecule has 1 saturated heterocycles. The van der Waals surface area contributed by atoms with Crippen molar-refractivity contribution in [1.29, 1.82) is 0 Å². The summed E-state index contributed by atoms with van der Waals surface area (Å²) in [5, 5.41) is 7.93. The molecule has 0 aliphatic carbocycles. The third-order valence-corrected chi connectivity index (χ3v) is 4.97. The number of urea groups is 1. The predicted octanol–water partition coefficient (Wildman–Crippen LogP) is 2.28. The highest BCUT2D eigenvalue weighted by atomic mass is 16.2. The smallest absolute Gasteiger partial charge is 0.324 e. The molecular formula is C22H25N5O4. The van der Waals surface area contributed by atoms with Gasteiger partial charge in [-0.2, -0.15) is 0 Å². The van der Waals surface area contributed by atoms with E-state index < -0.39 is 6.03 Å². The second-order valence-corrected chi connectivity index (χ2v) is 7.09. The van der Waals surface area contributed by atoms with Gasteiger partial charge in [-0.1, -0.05) is 0 Å². The molecule has 3 rings (SSSR count). The molecule has 2 aromatic rings. The Morgan fingerprint density at radius 3 is 2.16 bits per heavy atom. The average molecular weight is 423 g/mol. The maximum atomic E-state index is 12.4. The van der Waals surface area contributed by atoms with Gasteiger partial charge in [-0.25, -0.2) is 4.79 Å². The Kier molecular flexibility index (Phi) is 6.86. The predicted molar refractivity (Wildman–Crippen MR) is 118 cm³/mol. The largest absolute Gasteiger partial charge is 0.375 e. The number of benzene rings is 2. The molecule has 0 aromatic heterocycles. The van der Waals surface area contributed by atoms with E-state index in [1.165, 1.54) is 0 Å². The maximum absolute atomic E-state index is 12.4.